The minimum atomic E-state index is 0. The second-order valence-electron chi connectivity index (χ2n) is 6.07. The standard InChI is InChI=1S/C18H27NO4.ClH/c1-14-11-19(12-15(2)23-14)9-4-5-10-22-18-16(13-20)7-6-8-17(18)21-3;/h6-8,13-15H,4-5,9-12H2,1-3H3;1H. The Kier molecular flexibility index (Phi) is 9.11. The van der Waals surface area contributed by atoms with Gasteiger partial charge in [0.05, 0.1) is 31.5 Å². The van der Waals surface area contributed by atoms with Crippen molar-refractivity contribution in [2.75, 3.05) is 33.4 Å². The van der Waals surface area contributed by atoms with Gasteiger partial charge in [-0.25, -0.2) is 0 Å². The van der Waals surface area contributed by atoms with E-state index in [0.717, 1.165) is 38.8 Å². The molecule has 24 heavy (non-hydrogen) atoms. The highest BCUT2D eigenvalue weighted by Gasteiger charge is 2.21. The van der Waals surface area contributed by atoms with Crippen LogP contribution in [0, 0.1) is 0 Å². The molecule has 6 heteroatoms. The fourth-order valence-electron chi connectivity index (χ4n) is 3.02. The fraction of sp³-hybridized carbons (Fsp3) is 0.611. The summed E-state index contributed by atoms with van der Waals surface area (Å²) in [5.74, 6) is 1.14. The summed E-state index contributed by atoms with van der Waals surface area (Å²) in [6, 6.07) is 5.33. The monoisotopic (exact) mass is 357 g/mol. The van der Waals surface area contributed by atoms with Crippen LogP contribution in [0.2, 0.25) is 0 Å². The molecular formula is C18H28ClNO4. The number of nitrogens with zero attached hydrogens (tertiary/aromatic N) is 1. The lowest BCUT2D eigenvalue weighted by Crippen LogP contribution is -2.45. The van der Waals surface area contributed by atoms with Crippen LogP contribution in [0.3, 0.4) is 0 Å². The van der Waals surface area contributed by atoms with Crippen LogP contribution < -0.4 is 9.47 Å². The number of rotatable bonds is 8. The molecule has 0 N–H and O–H groups in total. The Balaban J connectivity index is 0.00000288. The maximum absolute atomic E-state index is 11.1. The molecule has 0 bridgehead atoms. The largest absolute Gasteiger partial charge is 0.493 e. The Bertz CT molecular complexity index is 502. The summed E-state index contributed by atoms with van der Waals surface area (Å²) in [7, 11) is 1.58. The van der Waals surface area contributed by atoms with Crippen molar-refractivity contribution in [3.05, 3.63) is 23.8 Å². The van der Waals surface area contributed by atoms with Gasteiger partial charge in [0.2, 0.25) is 0 Å². The van der Waals surface area contributed by atoms with Gasteiger partial charge in [-0.15, -0.1) is 12.4 Å². The number of para-hydroxylation sites is 1. The first-order valence-electron chi connectivity index (χ1n) is 8.26. The highest BCUT2D eigenvalue weighted by molar-refractivity contribution is 5.85. The molecule has 0 amide bonds. The van der Waals surface area contributed by atoms with E-state index in [1.165, 1.54) is 0 Å². The van der Waals surface area contributed by atoms with Crippen LogP contribution in [0.1, 0.15) is 37.0 Å². The average Bonchev–Trinajstić information content (AvgIpc) is 2.53. The van der Waals surface area contributed by atoms with Crippen LogP contribution in [-0.4, -0.2) is 56.7 Å². The number of methoxy groups -OCH3 is 1. The van der Waals surface area contributed by atoms with E-state index in [1.807, 2.05) is 0 Å². The summed E-state index contributed by atoms with van der Waals surface area (Å²) in [5, 5.41) is 0. The van der Waals surface area contributed by atoms with Gasteiger partial charge in [-0.1, -0.05) is 6.07 Å². The topological polar surface area (TPSA) is 48.0 Å². The summed E-state index contributed by atoms with van der Waals surface area (Å²) in [6.45, 7) is 7.85. The lowest BCUT2D eigenvalue weighted by molar-refractivity contribution is -0.0682. The van der Waals surface area contributed by atoms with E-state index in [4.69, 9.17) is 14.2 Å². The van der Waals surface area contributed by atoms with Gasteiger partial charge < -0.3 is 14.2 Å². The summed E-state index contributed by atoms with van der Waals surface area (Å²) >= 11 is 0. The second-order valence-corrected chi connectivity index (χ2v) is 6.07. The van der Waals surface area contributed by atoms with E-state index >= 15 is 0 Å². The zero-order valence-corrected chi connectivity index (χ0v) is 15.5. The number of ether oxygens (including phenoxy) is 3. The normalized spacial score (nSPS) is 21.0. The van der Waals surface area contributed by atoms with E-state index in [1.54, 1.807) is 25.3 Å². The minimum Gasteiger partial charge on any atom is -0.493 e. The fourth-order valence-corrected chi connectivity index (χ4v) is 3.02. The van der Waals surface area contributed by atoms with Crippen molar-refractivity contribution >= 4 is 18.7 Å². The Hall–Kier alpha value is -1.30. The molecule has 1 aliphatic rings. The molecule has 1 heterocycles. The van der Waals surface area contributed by atoms with Crippen LogP contribution in [0.25, 0.3) is 0 Å². The van der Waals surface area contributed by atoms with E-state index in [9.17, 15) is 4.79 Å². The SMILES string of the molecule is COc1cccc(C=O)c1OCCCCN1CC(C)OC(C)C1.Cl. The number of benzene rings is 1. The van der Waals surface area contributed by atoms with Crippen molar-refractivity contribution < 1.29 is 19.0 Å². The molecule has 0 aromatic heterocycles. The molecule has 0 radical (unpaired) electrons. The molecular weight excluding hydrogens is 330 g/mol. The zero-order chi connectivity index (χ0) is 16.7. The number of unbranched alkanes of at least 4 members (excludes halogenated alkanes) is 1. The van der Waals surface area contributed by atoms with E-state index in [2.05, 4.69) is 18.7 Å². The molecule has 136 valence electrons. The van der Waals surface area contributed by atoms with Crippen molar-refractivity contribution in [2.45, 2.75) is 38.9 Å². The lowest BCUT2D eigenvalue weighted by atomic mass is 10.2. The molecule has 1 fully saturated rings. The Morgan fingerprint density at radius 2 is 1.96 bits per heavy atom. The van der Waals surface area contributed by atoms with Crippen LogP contribution in [0.5, 0.6) is 11.5 Å². The average molecular weight is 358 g/mol. The molecule has 0 aliphatic carbocycles. The number of morpholine rings is 1. The van der Waals surface area contributed by atoms with Crippen LogP contribution in [-0.2, 0) is 4.74 Å². The van der Waals surface area contributed by atoms with Gasteiger partial charge in [-0.05, 0) is 45.4 Å². The quantitative estimate of drug-likeness (QED) is 0.528. The second kappa shape index (κ2) is 10.5. The van der Waals surface area contributed by atoms with Gasteiger partial charge >= 0.3 is 0 Å². The van der Waals surface area contributed by atoms with Crippen molar-refractivity contribution in [1.29, 1.82) is 0 Å². The van der Waals surface area contributed by atoms with Gasteiger partial charge in [0.1, 0.15) is 0 Å². The third-order valence-electron chi connectivity index (χ3n) is 3.97. The molecule has 2 rings (SSSR count). The molecule has 1 aromatic carbocycles. The highest BCUT2D eigenvalue weighted by atomic mass is 35.5. The number of halogens is 1. The van der Waals surface area contributed by atoms with Gasteiger partial charge in [-0.2, -0.15) is 0 Å². The van der Waals surface area contributed by atoms with Gasteiger partial charge in [0.25, 0.3) is 0 Å². The molecule has 1 saturated heterocycles. The van der Waals surface area contributed by atoms with Gasteiger partial charge in [0.15, 0.2) is 17.8 Å². The lowest BCUT2D eigenvalue weighted by Gasteiger charge is -2.35. The Morgan fingerprint density at radius 3 is 2.58 bits per heavy atom. The van der Waals surface area contributed by atoms with Crippen LogP contribution >= 0.6 is 12.4 Å². The van der Waals surface area contributed by atoms with Crippen LogP contribution in [0.15, 0.2) is 18.2 Å². The summed E-state index contributed by atoms with van der Waals surface area (Å²) in [6.07, 6.45) is 3.41. The third kappa shape index (κ3) is 5.96. The Morgan fingerprint density at radius 1 is 1.25 bits per heavy atom. The minimum absolute atomic E-state index is 0. The van der Waals surface area contributed by atoms with E-state index in [-0.39, 0.29) is 12.4 Å². The predicted octanol–water partition coefficient (Wildman–Crippen LogP) is 3.20. The summed E-state index contributed by atoms with van der Waals surface area (Å²) in [4.78, 5) is 13.5. The molecule has 0 spiro atoms. The Labute approximate surface area is 150 Å². The third-order valence-corrected chi connectivity index (χ3v) is 3.97. The molecule has 5 nitrogen and oxygen atoms in total. The van der Waals surface area contributed by atoms with Crippen molar-refractivity contribution in [1.82, 2.24) is 4.90 Å². The van der Waals surface area contributed by atoms with Crippen molar-refractivity contribution in [3.63, 3.8) is 0 Å². The molecule has 2 atom stereocenters. The summed E-state index contributed by atoms with van der Waals surface area (Å²) in [5.41, 5.74) is 0.528. The number of carbonyl (C=O) groups excluding carboxylic acids is 1. The number of hydrogen-bond acceptors (Lipinski definition) is 5. The number of hydrogen-bond donors (Lipinski definition) is 0. The molecule has 1 aromatic rings. The maximum Gasteiger partial charge on any atom is 0.171 e. The van der Waals surface area contributed by atoms with Gasteiger partial charge in [0, 0.05) is 13.1 Å². The van der Waals surface area contributed by atoms with Gasteiger partial charge in [-0.3, -0.25) is 9.69 Å². The number of aldehydes is 1. The smallest absolute Gasteiger partial charge is 0.171 e. The first-order valence-corrected chi connectivity index (χ1v) is 8.26. The van der Waals surface area contributed by atoms with E-state index < -0.39 is 0 Å². The predicted molar refractivity (Wildman–Crippen MR) is 96.8 cm³/mol. The molecule has 0 saturated carbocycles. The van der Waals surface area contributed by atoms with Crippen molar-refractivity contribution in [2.24, 2.45) is 0 Å². The number of carbonyl (C=O) groups is 1. The highest BCUT2D eigenvalue weighted by Crippen LogP contribution is 2.30. The van der Waals surface area contributed by atoms with Crippen molar-refractivity contribution in [3.8, 4) is 11.5 Å². The maximum atomic E-state index is 11.1. The summed E-state index contributed by atoms with van der Waals surface area (Å²) < 4.78 is 16.8. The van der Waals surface area contributed by atoms with Crippen LogP contribution in [0.4, 0.5) is 0 Å². The first kappa shape index (κ1) is 20.7. The zero-order valence-electron chi connectivity index (χ0n) is 14.7. The first-order chi connectivity index (χ1) is 11.1. The van der Waals surface area contributed by atoms with E-state index in [0.29, 0.717) is 35.9 Å². The molecule has 1 aliphatic heterocycles. The molecule has 2 unspecified atom stereocenters.